The van der Waals surface area contributed by atoms with Crippen molar-refractivity contribution in [1.82, 2.24) is 20.5 Å². The maximum atomic E-state index is 4.46. The zero-order chi connectivity index (χ0) is 16.5. The number of thiazole rings is 1. The Hall–Kier alpha value is -0.410. The molecule has 1 atom stereocenters. The number of nitrogens with zero attached hydrogens (tertiary/aromatic N) is 3. The molecule has 2 N–H and O–H groups in total. The highest BCUT2D eigenvalue weighted by molar-refractivity contribution is 14.0. The van der Waals surface area contributed by atoms with Crippen molar-refractivity contribution in [3.05, 3.63) is 16.1 Å². The van der Waals surface area contributed by atoms with Gasteiger partial charge < -0.3 is 10.6 Å². The quantitative estimate of drug-likeness (QED) is 0.352. The largest absolute Gasteiger partial charge is 0.356 e. The van der Waals surface area contributed by atoms with E-state index in [1.165, 1.54) is 42.2 Å². The molecule has 1 aromatic rings. The molecule has 0 radical (unpaired) electrons. The van der Waals surface area contributed by atoms with Crippen molar-refractivity contribution in [2.24, 2.45) is 4.99 Å². The van der Waals surface area contributed by atoms with Crippen molar-refractivity contribution in [2.45, 2.75) is 52.0 Å². The third-order valence-corrected chi connectivity index (χ3v) is 5.64. The van der Waals surface area contributed by atoms with E-state index >= 15 is 0 Å². The van der Waals surface area contributed by atoms with E-state index in [1.54, 1.807) is 0 Å². The lowest BCUT2D eigenvalue weighted by Gasteiger charge is -2.27. The van der Waals surface area contributed by atoms with Crippen LogP contribution in [0.5, 0.6) is 0 Å². The molecule has 5 nitrogen and oxygen atoms in total. The van der Waals surface area contributed by atoms with Gasteiger partial charge in [-0.15, -0.1) is 35.3 Å². The molecule has 24 heavy (non-hydrogen) atoms. The summed E-state index contributed by atoms with van der Waals surface area (Å²) in [5.74, 6) is 0.898. The van der Waals surface area contributed by atoms with Gasteiger partial charge in [-0.05, 0) is 38.8 Å². The summed E-state index contributed by atoms with van der Waals surface area (Å²) in [5.41, 5.74) is 0. The lowest BCUT2D eigenvalue weighted by atomic mass is 10.2. The van der Waals surface area contributed by atoms with Gasteiger partial charge in [-0.25, -0.2) is 4.98 Å². The van der Waals surface area contributed by atoms with Crippen molar-refractivity contribution >= 4 is 41.3 Å². The predicted molar refractivity (Wildman–Crippen MR) is 115 cm³/mol. The zero-order valence-electron chi connectivity index (χ0n) is 15.2. The van der Waals surface area contributed by atoms with E-state index < -0.39 is 0 Å². The highest BCUT2D eigenvalue weighted by Gasteiger charge is 2.20. The summed E-state index contributed by atoms with van der Waals surface area (Å²) in [7, 11) is 1.84. The minimum absolute atomic E-state index is 0. The second-order valence-electron chi connectivity index (χ2n) is 6.01. The number of guanidine groups is 1. The van der Waals surface area contributed by atoms with Crippen LogP contribution in [-0.4, -0.2) is 55.1 Å². The molecule has 0 saturated carbocycles. The van der Waals surface area contributed by atoms with Crippen LogP contribution in [0.15, 0.2) is 11.2 Å². The van der Waals surface area contributed by atoms with Gasteiger partial charge in [0.2, 0.25) is 0 Å². The molecule has 0 bridgehead atoms. The van der Waals surface area contributed by atoms with Gasteiger partial charge in [0.15, 0.2) is 5.96 Å². The predicted octanol–water partition coefficient (Wildman–Crippen LogP) is 2.91. The smallest absolute Gasteiger partial charge is 0.191 e. The Labute approximate surface area is 167 Å². The van der Waals surface area contributed by atoms with Crippen molar-refractivity contribution in [3.8, 4) is 0 Å². The molecule has 2 rings (SSSR count). The first-order valence-corrected chi connectivity index (χ1v) is 9.70. The van der Waals surface area contributed by atoms with Gasteiger partial charge >= 0.3 is 0 Å². The summed E-state index contributed by atoms with van der Waals surface area (Å²) in [6, 6.07) is 0.613. The fourth-order valence-electron chi connectivity index (χ4n) is 2.99. The summed E-state index contributed by atoms with van der Waals surface area (Å²) in [4.78, 5) is 12.8. The summed E-state index contributed by atoms with van der Waals surface area (Å²) in [6.45, 7) is 8.77. The summed E-state index contributed by atoms with van der Waals surface area (Å²) < 4.78 is 0. The Morgan fingerprint density at radius 1 is 1.33 bits per heavy atom. The van der Waals surface area contributed by atoms with Crippen molar-refractivity contribution in [1.29, 1.82) is 0 Å². The number of aliphatic imine (C=N–C) groups is 1. The van der Waals surface area contributed by atoms with E-state index in [2.05, 4.69) is 39.4 Å². The first-order valence-electron chi connectivity index (χ1n) is 8.89. The van der Waals surface area contributed by atoms with Gasteiger partial charge in [0, 0.05) is 43.7 Å². The van der Waals surface area contributed by atoms with Crippen LogP contribution in [-0.2, 0) is 12.8 Å². The molecule has 1 fully saturated rings. The second kappa shape index (κ2) is 12.0. The first-order chi connectivity index (χ1) is 11.3. The topological polar surface area (TPSA) is 52.6 Å². The number of nitrogens with one attached hydrogen (secondary N) is 2. The maximum absolute atomic E-state index is 4.46. The van der Waals surface area contributed by atoms with Crippen molar-refractivity contribution in [2.75, 3.05) is 33.2 Å². The van der Waals surface area contributed by atoms with Crippen LogP contribution in [0.3, 0.4) is 0 Å². The maximum Gasteiger partial charge on any atom is 0.191 e. The number of rotatable bonds is 8. The Morgan fingerprint density at radius 2 is 2.08 bits per heavy atom. The first kappa shape index (κ1) is 21.6. The van der Waals surface area contributed by atoms with Gasteiger partial charge in [-0.1, -0.05) is 13.8 Å². The summed E-state index contributed by atoms with van der Waals surface area (Å²) in [5, 5.41) is 8.08. The molecule has 138 valence electrons. The molecule has 0 aliphatic carbocycles. The molecule has 1 saturated heterocycles. The molecular formula is C17H32IN5S. The molecule has 7 heteroatoms. The van der Waals surface area contributed by atoms with Gasteiger partial charge in [-0.2, -0.15) is 0 Å². The monoisotopic (exact) mass is 465 g/mol. The molecule has 2 heterocycles. The van der Waals surface area contributed by atoms with E-state index in [-0.39, 0.29) is 24.0 Å². The minimum Gasteiger partial charge on any atom is -0.356 e. The van der Waals surface area contributed by atoms with Crippen LogP contribution in [0.25, 0.3) is 0 Å². The van der Waals surface area contributed by atoms with Gasteiger partial charge in [0.25, 0.3) is 0 Å². The minimum atomic E-state index is 0. The standard InChI is InChI=1S/C17H31N5S.HI/c1-4-14(22-10-6-7-11-22)12-21-17(18-3)19-9-8-16-20-13-15(5-2)23-16;/h13-14H,4-12H2,1-3H3,(H2,18,19,21);1H. The van der Waals surface area contributed by atoms with E-state index in [0.717, 1.165) is 31.9 Å². The fourth-order valence-corrected chi connectivity index (χ4v) is 3.85. The third kappa shape index (κ3) is 6.84. The number of aromatic nitrogens is 1. The van der Waals surface area contributed by atoms with E-state index in [1.807, 2.05) is 24.6 Å². The average molecular weight is 465 g/mol. The molecule has 1 aliphatic rings. The van der Waals surface area contributed by atoms with Crippen LogP contribution >= 0.6 is 35.3 Å². The van der Waals surface area contributed by atoms with Gasteiger partial charge in [-0.3, -0.25) is 9.89 Å². The number of likely N-dealkylation sites (tertiary alicyclic amines) is 1. The number of halogens is 1. The highest BCUT2D eigenvalue weighted by Crippen LogP contribution is 2.14. The Balaban J connectivity index is 0.00000288. The Kier molecular flexibility index (Phi) is 10.8. The highest BCUT2D eigenvalue weighted by atomic mass is 127. The molecule has 0 aromatic carbocycles. The van der Waals surface area contributed by atoms with Gasteiger partial charge in [0.1, 0.15) is 0 Å². The average Bonchev–Trinajstić information content (AvgIpc) is 3.25. The number of hydrogen-bond acceptors (Lipinski definition) is 4. The van der Waals surface area contributed by atoms with Gasteiger partial charge in [0.05, 0.1) is 5.01 Å². The van der Waals surface area contributed by atoms with Crippen LogP contribution in [0.1, 0.15) is 43.0 Å². The third-order valence-electron chi connectivity index (χ3n) is 4.44. The number of aryl methyl sites for hydroxylation is 1. The normalized spacial score (nSPS) is 16.7. The van der Waals surface area contributed by atoms with E-state index in [9.17, 15) is 0 Å². The lowest BCUT2D eigenvalue weighted by Crippen LogP contribution is -2.46. The Morgan fingerprint density at radius 3 is 2.67 bits per heavy atom. The molecule has 0 amide bonds. The van der Waals surface area contributed by atoms with Crippen LogP contribution in [0.2, 0.25) is 0 Å². The van der Waals surface area contributed by atoms with E-state index in [4.69, 9.17) is 0 Å². The van der Waals surface area contributed by atoms with E-state index in [0.29, 0.717) is 6.04 Å². The second-order valence-corrected chi connectivity index (χ2v) is 7.21. The molecular weight excluding hydrogens is 433 g/mol. The summed E-state index contributed by atoms with van der Waals surface area (Å²) in [6.07, 6.45) is 7.89. The molecule has 0 spiro atoms. The Bertz CT molecular complexity index is 485. The molecule has 1 aliphatic heterocycles. The van der Waals surface area contributed by atoms with Crippen LogP contribution in [0.4, 0.5) is 0 Å². The SMILES string of the molecule is CCc1cnc(CCNC(=NC)NCC(CC)N2CCCC2)s1.I. The van der Waals surface area contributed by atoms with Crippen molar-refractivity contribution in [3.63, 3.8) is 0 Å². The van der Waals surface area contributed by atoms with Crippen LogP contribution < -0.4 is 10.6 Å². The zero-order valence-corrected chi connectivity index (χ0v) is 18.3. The lowest BCUT2D eigenvalue weighted by molar-refractivity contribution is 0.236. The van der Waals surface area contributed by atoms with Crippen molar-refractivity contribution < 1.29 is 0 Å². The summed E-state index contributed by atoms with van der Waals surface area (Å²) >= 11 is 1.81. The van der Waals surface area contributed by atoms with Crippen LogP contribution in [0, 0.1) is 0 Å². The molecule has 1 aromatic heterocycles. The fraction of sp³-hybridized carbons (Fsp3) is 0.765. The molecule has 1 unspecified atom stereocenters. The number of hydrogen-bond donors (Lipinski definition) is 2.